The van der Waals surface area contributed by atoms with Gasteiger partial charge >= 0.3 is 5.97 Å². The highest BCUT2D eigenvalue weighted by Crippen LogP contribution is 2.47. The van der Waals surface area contributed by atoms with Crippen molar-refractivity contribution in [2.75, 3.05) is 19.7 Å². The maximum atomic E-state index is 13.7. The molecular weight excluding hydrogens is 331 g/mol. The molecule has 0 N–H and O–H groups in total. The summed E-state index contributed by atoms with van der Waals surface area (Å²) in [6.07, 6.45) is 4.01. The fraction of sp³-hybridized carbons (Fsp3) is 0.524. The van der Waals surface area contributed by atoms with Crippen molar-refractivity contribution >= 4 is 16.9 Å². The second kappa shape index (κ2) is 6.95. The topological polar surface area (TPSA) is 42.4 Å². The van der Waals surface area contributed by atoms with Crippen LogP contribution in [-0.4, -0.2) is 41.6 Å². The van der Waals surface area contributed by atoms with E-state index in [-0.39, 0.29) is 17.8 Å². The van der Waals surface area contributed by atoms with Gasteiger partial charge in [-0.2, -0.15) is 0 Å². The first-order valence-corrected chi connectivity index (χ1v) is 9.51. The lowest BCUT2D eigenvalue weighted by molar-refractivity contribution is -0.148. The van der Waals surface area contributed by atoms with Crippen LogP contribution in [0.25, 0.3) is 10.9 Å². The van der Waals surface area contributed by atoms with E-state index in [0.717, 1.165) is 36.8 Å². The number of benzene rings is 1. The quantitative estimate of drug-likeness (QED) is 0.783. The van der Waals surface area contributed by atoms with Crippen molar-refractivity contribution in [3.05, 3.63) is 41.8 Å². The number of hydrogen-bond donors (Lipinski definition) is 0. The largest absolute Gasteiger partial charge is 0.465 e. The molecule has 138 valence electrons. The zero-order valence-corrected chi connectivity index (χ0v) is 15.3. The fourth-order valence-corrected chi connectivity index (χ4v) is 4.81. The summed E-state index contributed by atoms with van der Waals surface area (Å²) in [5.74, 6) is 1.29. The summed E-state index contributed by atoms with van der Waals surface area (Å²) in [5.41, 5.74) is 2.08. The zero-order valence-electron chi connectivity index (χ0n) is 15.3. The Labute approximate surface area is 153 Å². The maximum Gasteiger partial charge on any atom is 0.323 e. The highest BCUT2D eigenvalue weighted by atomic mass is 19.1. The normalized spacial score (nSPS) is 26.8. The van der Waals surface area contributed by atoms with E-state index in [2.05, 4.69) is 9.88 Å². The third-order valence-electron chi connectivity index (χ3n) is 6.13. The number of esters is 1. The molecule has 1 aromatic heterocycles. The molecule has 1 saturated heterocycles. The van der Waals surface area contributed by atoms with E-state index in [1.807, 2.05) is 26.1 Å². The fourth-order valence-electron chi connectivity index (χ4n) is 4.81. The summed E-state index contributed by atoms with van der Waals surface area (Å²) in [7, 11) is 0. The highest BCUT2D eigenvalue weighted by molar-refractivity contribution is 5.82. The predicted molar refractivity (Wildman–Crippen MR) is 98.3 cm³/mol. The van der Waals surface area contributed by atoms with Crippen LogP contribution in [0.5, 0.6) is 0 Å². The van der Waals surface area contributed by atoms with E-state index in [1.54, 1.807) is 12.1 Å². The molecule has 4 nitrogen and oxygen atoms in total. The monoisotopic (exact) mass is 356 g/mol. The molecule has 0 radical (unpaired) electrons. The lowest BCUT2D eigenvalue weighted by atomic mass is 9.93. The number of carbonyl (C=O) groups is 1. The van der Waals surface area contributed by atoms with Gasteiger partial charge in [0.2, 0.25) is 0 Å². The minimum Gasteiger partial charge on any atom is -0.465 e. The molecule has 2 aromatic rings. The van der Waals surface area contributed by atoms with Gasteiger partial charge in [0.05, 0.1) is 12.1 Å². The zero-order chi connectivity index (χ0) is 18.3. The lowest BCUT2D eigenvalue weighted by Gasteiger charge is -2.24. The van der Waals surface area contributed by atoms with E-state index in [0.29, 0.717) is 24.4 Å². The molecule has 4 atom stereocenters. The summed E-state index contributed by atoms with van der Waals surface area (Å²) in [5, 5.41) is 0.939. The van der Waals surface area contributed by atoms with Crippen LogP contribution < -0.4 is 0 Å². The van der Waals surface area contributed by atoms with Crippen molar-refractivity contribution in [2.24, 2.45) is 11.8 Å². The molecule has 2 unspecified atom stereocenters. The Morgan fingerprint density at radius 2 is 2.04 bits per heavy atom. The Hall–Kier alpha value is -2.01. The summed E-state index contributed by atoms with van der Waals surface area (Å²) in [6, 6.07) is 6.71. The van der Waals surface area contributed by atoms with Crippen molar-refractivity contribution in [1.29, 1.82) is 0 Å². The number of nitrogens with zero attached hydrogens (tertiary/aromatic N) is 2. The number of ether oxygens (including phenoxy) is 1. The third-order valence-corrected chi connectivity index (χ3v) is 6.13. The number of rotatable bonds is 4. The van der Waals surface area contributed by atoms with E-state index in [4.69, 9.17) is 4.74 Å². The van der Waals surface area contributed by atoms with Crippen molar-refractivity contribution in [3.8, 4) is 0 Å². The summed E-state index contributed by atoms with van der Waals surface area (Å²) >= 11 is 0. The van der Waals surface area contributed by atoms with Gasteiger partial charge in [-0.3, -0.25) is 14.7 Å². The van der Waals surface area contributed by atoms with Crippen LogP contribution in [-0.2, 0) is 9.53 Å². The Kier molecular flexibility index (Phi) is 4.65. The number of fused-ring (bicyclic) bond motifs is 2. The summed E-state index contributed by atoms with van der Waals surface area (Å²) in [4.78, 5) is 18.6. The molecule has 1 aromatic carbocycles. The van der Waals surface area contributed by atoms with Crippen LogP contribution >= 0.6 is 0 Å². The van der Waals surface area contributed by atoms with Gasteiger partial charge in [-0.1, -0.05) is 0 Å². The van der Waals surface area contributed by atoms with Gasteiger partial charge in [0.1, 0.15) is 11.9 Å². The first-order chi connectivity index (χ1) is 12.6. The van der Waals surface area contributed by atoms with Gasteiger partial charge < -0.3 is 4.74 Å². The van der Waals surface area contributed by atoms with Gasteiger partial charge in [-0.15, -0.1) is 0 Å². The Morgan fingerprint density at radius 3 is 2.73 bits per heavy atom. The highest BCUT2D eigenvalue weighted by Gasteiger charge is 2.43. The molecule has 5 heteroatoms. The standard InChI is InChI=1S/C21H25FN2O2/c1-3-26-21(25)13(2)24-11-15-8-14(9-16(15)12-24)18-6-7-23-20-5-4-17(22)10-19(18)20/h4-7,10,13-16H,3,8-9,11-12H2,1-2H3/t13?,14-,15-,16?/m0/s1. The first-order valence-electron chi connectivity index (χ1n) is 9.51. The molecule has 2 heterocycles. The van der Waals surface area contributed by atoms with Crippen molar-refractivity contribution in [1.82, 2.24) is 9.88 Å². The number of halogens is 1. The molecular formula is C21H25FN2O2. The molecule has 1 aliphatic heterocycles. The number of pyridine rings is 1. The molecule has 2 fully saturated rings. The molecule has 26 heavy (non-hydrogen) atoms. The van der Waals surface area contributed by atoms with E-state index in [1.165, 1.54) is 11.6 Å². The second-order valence-corrected chi connectivity index (χ2v) is 7.63. The second-order valence-electron chi connectivity index (χ2n) is 7.63. The SMILES string of the molecule is CCOC(=O)C(C)N1CC2C[C@@H](c3ccnc4ccc(F)cc34)C[C@H]2C1. The van der Waals surface area contributed by atoms with Crippen LogP contribution in [0.15, 0.2) is 30.5 Å². The summed E-state index contributed by atoms with van der Waals surface area (Å²) < 4.78 is 18.9. The molecule has 0 spiro atoms. The maximum absolute atomic E-state index is 13.7. The Balaban J connectivity index is 1.49. The minimum absolute atomic E-state index is 0.125. The van der Waals surface area contributed by atoms with Crippen molar-refractivity contribution in [3.63, 3.8) is 0 Å². The van der Waals surface area contributed by atoms with E-state index in [9.17, 15) is 9.18 Å². The number of aromatic nitrogens is 1. The van der Waals surface area contributed by atoms with Gasteiger partial charge in [0, 0.05) is 24.7 Å². The van der Waals surface area contributed by atoms with Crippen LogP contribution in [0.1, 0.15) is 38.2 Å². The third kappa shape index (κ3) is 3.09. The smallest absolute Gasteiger partial charge is 0.323 e. The van der Waals surface area contributed by atoms with Crippen LogP contribution in [0.3, 0.4) is 0 Å². The van der Waals surface area contributed by atoms with E-state index >= 15 is 0 Å². The minimum atomic E-state index is -0.209. The lowest BCUT2D eigenvalue weighted by Crippen LogP contribution is -2.39. The Bertz CT molecular complexity index is 811. The van der Waals surface area contributed by atoms with Crippen LogP contribution in [0, 0.1) is 17.7 Å². The molecule has 0 amide bonds. The molecule has 1 aliphatic carbocycles. The van der Waals surface area contributed by atoms with Crippen LogP contribution in [0.4, 0.5) is 4.39 Å². The van der Waals surface area contributed by atoms with E-state index < -0.39 is 0 Å². The first kappa shape index (κ1) is 17.4. The molecule has 2 aliphatic rings. The molecule has 4 rings (SSSR count). The summed E-state index contributed by atoms with van der Waals surface area (Å²) in [6.45, 7) is 6.10. The average Bonchev–Trinajstić information content (AvgIpc) is 3.19. The Morgan fingerprint density at radius 1 is 1.31 bits per heavy atom. The van der Waals surface area contributed by atoms with Gasteiger partial charge in [0.25, 0.3) is 0 Å². The van der Waals surface area contributed by atoms with Crippen molar-refractivity contribution in [2.45, 2.75) is 38.6 Å². The van der Waals surface area contributed by atoms with Gasteiger partial charge in [-0.25, -0.2) is 4.39 Å². The van der Waals surface area contributed by atoms with Crippen LogP contribution in [0.2, 0.25) is 0 Å². The predicted octanol–water partition coefficient (Wildman–Crippen LogP) is 3.75. The number of carbonyl (C=O) groups excluding carboxylic acids is 1. The number of likely N-dealkylation sites (tertiary alicyclic amines) is 1. The van der Waals surface area contributed by atoms with Gasteiger partial charge in [0.15, 0.2) is 0 Å². The van der Waals surface area contributed by atoms with Gasteiger partial charge in [-0.05, 0) is 74.3 Å². The number of hydrogen-bond acceptors (Lipinski definition) is 4. The molecule has 1 saturated carbocycles. The average molecular weight is 356 g/mol. The van der Waals surface area contributed by atoms with Crippen molar-refractivity contribution < 1.29 is 13.9 Å². The molecule has 0 bridgehead atoms.